The molecule has 1 aliphatic heterocycles. The van der Waals surface area contributed by atoms with Crippen LogP contribution in [0.2, 0.25) is 0 Å². The van der Waals surface area contributed by atoms with Crippen molar-refractivity contribution in [1.82, 2.24) is 9.55 Å². The second-order valence-corrected chi connectivity index (χ2v) is 7.31. The Balaban J connectivity index is 1.74. The van der Waals surface area contributed by atoms with Crippen LogP contribution in [0.4, 0.5) is 5.69 Å². The Hall–Kier alpha value is -3.17. The van der Waals surface area contributed by atoms with Crippen molar-refractivity contribution in [2.24, 2.45) is 0 Å². The number of fused-ring (bicyclic) bond motifs is 2. The van der Waals surface area contributed by atoms with E-state index in [9.17, 15) is 14.9 Å². The van der Waals surface area contributed by atoms with Crippen LogP contribution in [0.3, 0.4) is 0 Å². The Labute approximate surface area is 169 Å². The molecule has 3 aromatic rings. The van der Waals surface area contributed by atoms with Crippen molar-refractivity contribution < 1.29 is 14.4 Å². The maximum absolute atomic E-state index is 12.9. The van der Waals surface area contributed by atoms with Crippen molar-refractivity contribution in [3.05, 3.63) is 80.6 Å². The quantitative estimate of drug-likeness (QED) is 0.201. The molecule has 0 saturated heterocycles. The molecule has 0 radical (unpaired) electrons. The fraction of sp³-hybridized carbons (Fsp3) is 0.200. The molecule has 0 aliphatic carbocycles. The predicted molar refractivity (Wildman–Crippen MR) is 109 cm³/mol. The number of allylic oxidation sites excluding steroid dienone is 1. The molecular weight excluding hydrogens is 394 g/mol. The standard InChI is InChI=1S/C20H17N3O5S/c1-2-7-22-19(24)16-5-3-4-6-17(16)21-20(22)29-11-14-9-15(23(25)26)8-13-10-27-12-28-18(13)14/h2-6,8-9H,1,7,10-12H2. The molecule has 2 aromatic carbocycles. The van der Waals surface area contributed by atoms with Gasteiger partial charge < -0.3 is 9.47 Å². The SMILES string of the molecule is C=CCn1c(SCc2cc([N+](=O)[O-])cc3c2OCOC3)nc2ccccc2c1=O. The van der Waals surface area contributed by atoms with Crippen molar-refractivity contribution in [3.8, 4) is 5.75 Å². The third-order valence-electron chi connectivity index (χ3n) is 4.48. The first-order valence-electron chi connectivity index (χ1n) is 8.82. The summed E-state index contributed by atoms with van der Waals surface area (Å²) in [7, 11) is 0. The van der Waals surface area contributed by atoms with Crippen LogP contribution in [0.5, 0.6) is 5.75 Å². The van der Waals surface area contributed by atoms with E-state index in [1.54, 1.807) is 28.8 Å². The van der Waals surface area contributed by atoms with Crippen LogP contribution in [-0.4, -0.2) is 21.3 Å². The molecule has 9 heteroatoms. The van der Waals surface area contributed by atoms with E-state index in [0.717, 1.165) is 0 Å². The van der Waals surface area contributed by atoms with Gasteiger partial charge in [0.15, 0.2) is 11.9 Å². The van der Waals surface area contributed by atoms with Gasteiger partial charge in [-0.2, -0.15) is 0 Å². The molecule has 0 atom stereocenters. The Morgan fingerprint density at radius 2 is 2.17 bits per heavy atom. The van der Waals surface area contributed by atoms with Gasteiger partial charge >= 0.3 is 0 Å². The molecule has 29 heavy (non-hydrogen) atoms. The van der Waals surface area contributed by atoms with Crippen molar-refractivity contribution in [3.63, 3.8) is 0 Å². The van der Waals surface area contributed by atoms with Crippen molar-refractivity contribution in [2.75, 3.05) is 6.79 Å². The number of nitro benzene ring substituents is 1. The third-order valence-corrected chi connectivity index (χ3v) is 5.50. The van der Waals surface area contributed by atoms with Crippen LogP contribution < -0.4 is 10.3 Å². The van der Waals surface area contributed by atoms with Crippen molar-refractivity contribution in [1.29, 1.82) is 0 Å². The second kappa shape index (κ2) is 8.06. The average Bonchev–Trinajstić information content (AvgIpc) is 2.74. The summed E-state index contributed by atoms with van der Waals surface area (Å²) < 4.78 is 12.4. The van der Waals surface area contributed by atoms with E-state index in [4.69, 9.17) is 9.47 Å². The number of hydrogen-bond acceptors (Lipinski definition) is 7. The summed E-state index contributed by atoms with van der Waals surface area (Å²) in [5.74, 6) is 0.944. The average molecular weight is 411 g/mol. The third kappa shape index (κ3) is 3.74. The Kier molecular flexibility index (Phi) is 5.32. The van der Waals surface area contributed by atoms with Crippen LogP contribution in [0.15, 0.2) is 59.0 Å². The molecule has 0 N–H and O–H groups in total. The number of thioether (sulfide) groups is 1. The van der Waals surface area contributed by atoms with Gasteiger partial charge in [-0.25, -0.2) is 4.98 Å². The Bertz CT molecular complexity index is 1170. The van der Waals surface area contributed by atoms with E-state index in [0.29, 0.717) is 45.2 Å². The first-order valence-corrected chi connectivity index (χ1v) is 9.81. The summed E-state index contributed by atoms with van der Waals surface area (Å²) in [6.07, 6.45) is 1.64. The van der Waals surface area contributed by atoms with Gasteiger partial charge in [-0.15, -0.1) is 6.58 Å². The first-order chi connectivity index (χ1) is 14.1. The molecule has 0 spiro atoms. The van der Waals surface area contributed by atoms with Gasteiger partial charge in [0.05, 0.1) is 22.4 Å². The zero-order chi connectivity index (χ0) is 20.4. The molecule has 148 valence electrons. The topological polar surface area (TPSA) is 96.5 Å². The Morgan fingerprint density at radius 1 is 1.34 bits per heavy atom. The largest absolute Gasteiger partial charge is 0.467 e. The van der Waals surface area contributed by atoms with E-state index in [2.05, 4.69) is 11.6 Å². The molecule has 0 saturated carbocycles. The summed E-state index contributed by atoms with van der Waals surface area (Å²) in [6.45, 7) is 4.38. The molecule has 0 bridgehead atoms. The minimum atomic E-state index is -0.440. The molecule has 0 fully saturated rings. The molecule has 1 aromatic heterocycles. The smallest absolute Gasteiger partial charge is 0.270 e. The highest BCUT2D eigenvalue weighted by atomic mass is 32.2. The minimum absolute atomic E-state index is 0.0246. The number of benzene rings is 2. The number of hydrogen-bond donors (Lipinski definition) is 0. The summed E-state index contributed by atoms with van der Waals surface area (Å²) >= 11 is 1.32. The second-order valence-electron chi connectivity index (χ2n) is 6.37. The lowest BCUT2D eigenvalue weighted by molar-refractivity contribution is -0.385. The van der Waals surface area contributed by atoms with E-state index in [1.807, 2.05) is 6.07 Å². The molecule has 8 nitrogen and oxygen atoms in total. The lowest BCUT2D eigenvalue weighted by Crippen LogP contribution is -2.22. The monoisotopic (exact) mass is 411 g/mol. The number of aromatic nitrogens is 2. The maximum atomic E-state index is 12.9. The highest BCUT2D eigenvalue weighted by Gasteiger charge is 2.21. The van der Waals surface area contributed by atoms with Gasteiger partial charge in [-0.05, 0) is 12.1 Å². The van der Waals surface area contributed by atoms with Gasteiger partial charge in [0.25, 0.3) is 11.2 Å². The summed E-state index contributed by atoms with van der Waals surface area (Å²) in [6, 6.07) is 10.1. The van der Waals surface area contributed by atoms with E-state index in [-0.39, 0.29) is 24.6 Å². The van der Waals surface area contributed by atoms with Crippen molar-refractivity contribution in [2.45, 2.75) is 24.1 Å². The fourth-order valence-corrected chi connectivity index (χ4v) is 4.16. The van der Waals surface area contributed by atoms with Crippen LogP contribution in [0.1, 0.15) is 11.1 Å². The summed E-state index contributed by atoms with van der Waals surface area (Å²) in [5.41, 5.74) is 1.73. The Morgan fingerprint density at radius 3 is 2.97 bits per heavy atom. The number of para-hydroxylation sites is 1. The highest BCUT2D eigenvalue weighted by molar-refractivity contribution is 7.98. The van der Waals surface area contributed by atoms with Gasteiger partial charge in [-0.1, -0.05) is 30.0 Å². The zero-order valence-corrected chi connectivity index (χ0v) is 16.2. The number of nitro groups is 1. The zero-order valence-electron chi connectivity index (χ0n) is 15.4. The molecular formula is C20H17N3O5S. The van der Waals surface area contributed by atoms with Gasteiger partial charge in [-0.3, -0.25) is 19.5 Å². The molecule has 2 heterocycles. The number of ether oxygens (including phenoxy) is 2. The maximum Gasteiger partial charge on any atom is 0.270 e. The summed E-state index contributed by atoms with van der Waals surface area (Å²) in [5, 5.41) is 12.3. The van der Waals surface area contributed by atoms with Gasteiger partial charge in [0.1, 0.15) is 5.75 Å². The molecule has 0 unspecified atom stereocenters. The summed E-state index contributed by atoms with van der Waals surface area (Å²) in [4.78, 5) is 28.3. The highest BCUT2D eigenvalue weighted by Crippen LogP contribution is 2.36. The minimum Gasteiger partial charge on any atom is -0.467 e. The van der Waals surface area contributed by atoms with Crippen LogP contribution in [-0.2, 0) is 23.6 Å². The normalized spacial score (nSPS) is 13.0. The van der Waals surface area contributed by atoms with Gasteiger partial charge in [0.2, 0.25) is 0 Å². The number of rotatable bonds is 6. The lowest BCUT2D eigenvalue weighted by Gasteiger charge is -2.20. The fourth-order valence-electron chi connectivity index (χ4n) is 3.18. The molecule has 0 amide bonds. The molecule has 1 aliphatic rings. The van der Waals surface area contributed by atoms with Gasteiger partial charge in [0, 0.05) is 35.6 Å². The van der Waals surface area contributed by atoms with Crippen LogP contribution >= 0.6 is 11.8 Å². The predicted octanol–water partition coefficient (Wildman–Crippen LogP) is 3.65. The van der Waals surface area contributed by atoms with E-state index >= 15 is 0 Å². The van der Waals surface area contributed by atoms with Crippen LogP contribution in [0, 0.1) is 10.1 Å². The lowest BCUT2D eigenvalue weighted by atomic mass is 10.1. The van der Waals surface area contributed by atoms with E-state index in [1.165, 1.54) is 23.9 Å². The number of nitrogens with zero attached hydrogens (tertiary/aromatic N) is 3. The van der Waals surface area contributed by atoms with Crippen molar-refractivity contribution >= 4 is 28.4 Å². The molecule has 4 rings (SSSR count). The number of non-ortho nitro benzene ring substituents is 1. The van der Waals surface area contributed by atoms with Crippen LogP contribution in [0.25, 0.3) is 10.9 Å². The first kappa shape index (κ1) is 19.2. The van der Waals surface area contributed by atoms with E-state index < -0.39 is 4.92 Å².